The van der Waals surface area contributed by atoms with Crippen LogP contribution in [0.3, 0.4) is 0 Å². The van der Waals surface area contributed by atoms with Crippen LogP contribution in [0.5, 0.6) is 0 Å². The zero-order chi connectivity index (χ0) is 10.6. The summed E-state index contributed by atoms with van der Waals surface area (Å²) in [7, 11) is 1.27. The molecule has 0 aromatic carbocycles. The average molecular weight is 197 g/mol. The summed E-state index contributed by atoms with van der Waals surface area (Å²) in [6.45, 7) is 1.93. The van der Waals surface area contributed by atoms with Gasteiger partial charge in [-0.3, -0.25) is 9.48 Å². The molecule has 14 heavy (non-hydrogen) atoms. The number of rotatable bonds is 4. The maximum Gasteiger partial charge on any atom is 0.360 e. The van der Waals surface area contributed by atoms with E-state index in [9.17, 15) is 9.59 Å². The molecule has 0 saturated carbocycles. The quantitative estimate of drug-likeness (QED) is 0.637. The molecule has 0 bridgehead atoms. The van der Waals surface area contributed by atoms with Crippen LogP contribution in [-0.2, 0) is 16.1 Å². The molecule has 6 heteroatoms. The lowest BCUT2D eigenvalue weighted by Crippen LogP contribution is -2.03. The number of aromatic nitrogens is 3. The maximum absolute atomic E-state index is 11.0. The van der Waals surface area contributed by atoms with E-state index in [1.165, 1.54) is 24.9 Å². The van der Waals surface area contributed by atoms with E-state index in [0.29, 0.717) is 13.0 Å². The molecular weight excluding hydrogens is 186 g/mol. The summed E-state index contributed by atoms with van der Waals surface area (Å²) in [5.41, 5.74) is 0.149. The van der Waals surface area contributed by atoms with Gasteiger partial charge < -0.3 is 4.74 Å². The number of ketones is 1. The highest BCUT2D eigenvalue weighted by molar-refractivity contribution is 5.86. The van der Waals surface area contributed by atoms with Crippen molar-refractivity contribution < 1.29 is 14.3 Å². The van der Waals surface area contributed by atoms with E-state index in [2.05, 4.69) is 15.0 Å². The van der Waals surface area contributed by atoms with Crippen molar-refractivity contribution in [1.29, 1.82) is 0 Å². The summed E-state index contributed by atoms with van der Waals surface area (Å²) in [6.07, 6.45) is 1.83. The van der Waals surface area contributed by atoms with Crippen LogP contribution in [0.2, 0.25) is 0 Å². The lowest BCUT2D eigenvalue weighted by atomic mass is 10.3. The van der Waals surface area contributed by atoms with Crippen molar-refractivity contribution in [3.63, 3.8) is 0 Å². The minimum Gasteiger partial charge on any atom is -0.464 e. The van der Waals surface area contributed by atoms with Crippen LogP contribution in [0.4, 0.5) is 0 Å². The number of carbonyl (C=O) groups is 2. The van der Waals surface area contributed by atoms with Gasteiger partial charge in [0, 0.05) is 13.0 Å². The van der Waals surface area contributed by atoms with Crippen LogP contribution >= 0.6 is 0 Å². The second-order valence-corrected chi connectivity index (χ2v) is 2.81. The van der Waals surface area contributed by atoms with E-state index in [1.54, 1.807) is 0 Å². The van der Waals surface area contributed by atoms with Gasteiger partial charge in [-0.2, -0.15) is 0 Å². The summed E-state index contributed by atoms with van der Waals surface area (Å²) in [6, 6.07) is 0. The van der Waals surface area contributed by atoms with E-state index >= 15 is 0 Å². The molecule has 1 aromatic rings. The Morgan fingerprint density at radius 2 is 2.29 bits per heavy atom. The molecule has 0 aliphatic heterocycles. The van der Waals surface area contributed by atoms with Crippen LogP contribution in [0.15, 0.2) is 6.20 Å². The van der Waals surface area contributed by atoms with E-state index in [1.807, 2.05) is 0 Å². The second kappa shape index (κ2) is 4.50. The third-order valence-electron chi connectivity index (χ3n) is 1.63. The number of aryl methyl sites for hydroxylation is 1. The summed E-state index contributed by atoms with van der Waals surface area (Å²) in [5, 5.41) is 7.26. The Balaban J connectivity index is 2.59. The first-order valence-corrected chi connectivity index (χ1v) is 4.11. The number of nitrogens with zero attached hydrogens (tertiary/aromatic N) is 3. The Hall–Kier alpha value is -1.72. The highest BCUT2D eigenvalue weighted by Crippen LogP contribution is 1.96. The van der Waals surface area contributed by atoms with Crippen LogP contribution < -0.4 is 0 Å². The topological polar surface area (TPSA) is 74.1 Å². The number of methoxy groups -OCH3 is 1. The molecule has 1 aromatic heterocycles. The first-order valence-electron chi connectivity index (χ1n) is 4.11. The van der Waals surface area contributed by atoms with Gasteiger partial charge in [0.25, 0.3) is 0 Å². The Kier molecular flexibility index (Phi) is 3.33. The summed E-state index contributed by atoms with van der Waals surface area (Å²) < 4.78 is 5.89. The summed E-state index contributed by atoms with van der Waals surface area (Å²) in [4.78, 5) is 21.6. The first kappa shape index (κ1) is 10.4. The number of Topliss-reactive ketones (excluding diaryl/α,β-unsaturated/α-hetero) is 1. The molecule has 0 aliphatic carbocycles. The Labute approximate surface area is 80.9 Å². The molecule has 0 fully saturated rings. The fourth-order valence-electron chi connectivity index (χ4n) is 0.878. The van der Waals surface area contributed by atoms with Crippen molar-refractivity contribution in [2.75, 3.05) is 7.11 Å². The molecule has 0 atom stereocenters. The lowest BCUT2D eigenvalue weighted by molar-refractivity contribution is -0.117. The zero-order valence-electron chi connectivity index (χ0n) is 8.06. The van der Waals surface area contributed by atoms with Gasteiger partial charge in [-0.05, 0) is 6.92 Å². The molecule has 0 aliphatic rings. The fourth-order valence-corrected chi connectivity index (χ4v) is 0.878. The molecule has 1 heterocycles. The second-order valence-electron chi connectivity index (χ2n) is 2.81. The van der Waals surface area contributed by atoms with Crippen molar-refractivity contribution in [3.05, 3.63) is 11.9 Å². The molecule has 0 saturated heterocycles. The van der Waals surface area contributed by atoms with Crippen molar-refractivity contribution in [2.24, 2.45) is 0 Å². The Bertz CT molecular complexity index is 345. The van der Waals surface area contributed by atoms with Gasteiger partial charge in [0.15, 0.2) is 5.69 Å². The molecule has 6 nitrogen and oxygen atoms in total. The van der Waals surface area contributed by atoms with Gasteiger partial charge in [0.05, 0.1) is 13.3 Å². The third kappa shape index (κ3) is 2.65. The summed E-state index contributed by atoms with van der Waals surface area (Å²) in [5.74, 6) is -0.459. The van der Waals surface area contributed by atoms with Crippen molar-refractivity contribution >= 4 is 11.8 Å². The lowest BCUT2D eigenvalue weighted by Gasteiger charge is -1.95. The van der Waals surface area contributed by atoms with Gasteiger partial charge in [-0.25, -0.2) is 4.79 Å². The molecule has 0 radical (unpaired) electrons. The number of esters is 1. The van der Waals surface area contributed by atoms with Gasteiger partial charge in [0.1, 0.15) is 5.78 Å². The largest absolute Gasteiger partial charge is 0.464 e. The van der Waals surface area contributed by atoms with Gasteiger partial charge in [-0.1, -0.05) is 5.21 Å². The summed E-state index contributed by atoms with van der Waals surface area (Å²) >= 11 is 0. The molecule has 0 spiro atoms. The van der Waals surface area contributed by atoms with E-state index < -0.39 is 5.97 Å². The number of carbonyl (C=O) groups excluding carboxylic acids is 2. The van der Waals surface area contributed by atoms with Crippen molar-refractivity contribution in [3.8, 4) is 0 Å². The van der Waals surface area contributed by atoms with Gasteiger partial charge >= 0.3 is 5.97 Å². The molecule has 0 N–H and O–H groups in total. The minimum atomic E-state index is -0.529. The zero-order valence-corrected chi connectivity index (χ0v) is 8.06. The van der Waals surface area contributed by atoms with Crippen LogP contribution in [-0.4, -0.2) is 33.9 Å². The van der Waals surface area contributed by atoms with Crippen molar-refractivity contribution in [1.82, 2.24) is 15.0 Å². The first-order chi connectivity index (χ1) is 6.63. The number of ether oxygens (including phenoxy) is 1. The molecule has 0 amide bonds. The van der Waals surface area contributed by atoms with Crippen LogP contribution in [0, 0.1) is 0 Å². The predicted octanol–water partition coefficient (Wildman–Crippen LogP) is 0.0438. The predicted molar refractivity (Wildman–Crippen MR) is 46.7 cm³/mol. The van der Waals surface area contributed by atoms with E-state index in [0.717, 1.165) is 0 Å². The SMILES string of the molecule is COC(=O)c1cn(CCC(C)=O)nn1. The van der Waals surface area contributed by atoms with Gasteiger partial charge in [0.2, 0.25) is 0 Å². The maximum atomic E-state index is 11.0. The van der Waals surface area contributed by atoms with Gasteiger partial charge in [-0.15, -0.1) is 5.10 Å². The minimum absolute atomic E-state index is 0.0696. The normalized spacial score (nSPS) is 9.86. The van der Waals surface area contributed by atoms with E-state index in [4.69, 9.17) is 0 Å². The van der Waals surface area contributed by atoms with Crippen LogP contribution in [0.1, 0.15) is 23.8 Å². The smallest absolute Gasteiger partial charge is 0.360 e. The molecule has 0 unspecified atom stereocenters. The molecular formula is C8H11N3O3. The number of hydrogen-bond acceptors (Lipinski definition) is 5. The standard InChI is InChI=1S/C8H11N3O3/c1-6(12)3-4-11-5-7(9-10-11)8(13)14-2/h5H,3-4H2,1-2H3. The number of hydrogen-bond donors (Lipinski definition) is 0. The van der Waals surface area contributed by atoms with Crippen LogP contribution in [0.25, 0.3) is 0 Å². The monoisotopic (exact) mass is 197 g/mol. The highest BCUT2D eigenvalue weighted by atomic mass is 16.5. The van der Waals surface area contributed by atoms with Crippen molar-refractivity contribution in [2.45, 2.75) is 19.9 Å². The van der Waals surface area contributed by atoms with E-state index in [-0.39, 0.29) is 11.5 Å². The molecule has 1 rings (SSSR count). The third-order valence-corrected chi connectivity index (χ3v) is 1.63. The molecule has 76 valence electrons. The Morgan fingerprint density at radius 3 is 2.86 bits per heavy atom. The fraction of sp³-hybridized carbons (Fsp3) is 0.500. The Morgan fingerprint density at radius 1 is 1.57 bits per heavy atom. The highest BCUT2D eigenvalue weighted by Gasteiger charge is 2.10. The average Bonchev–Trinajstić information content (AvgIpc) is 2.62.